The van der Waals surface area contributed by atoms with Crippen LogP contribution in [0.15, 0.2) is 0 Å². The van der Waals surface area contributed by atoms with Crippen LogP contribution in [0.25, 0.3) is 0 Å². The highest BCUT2D eigenvalue weighted by Gasteiger charge is 2.41. The van der Waals surface area contributed by atoms with Gasteiger partial charge in [0.1, 0.15) is 18.3 Å². The zero-order valence-corrected chi connectivity index (χ0v) is 7.74. The maximum atomic E-state index is 10.0. The highest BCUT2D eigenvalue weighted by molar-refractivity contribution is 7.43. The molecule has 0 spiro atoms. The smallest absolute Gasteiger partial charge is 0.184 e. The molecule has 0 aromatic heterocycles. The van der Waals surface area contributed by atoms with Crippen molar-refractivity contribution < 1.29 is 38.9 Å². The first-order chi connectivity index (χ1) is 6.31. The molecule has 0 aromatic carbocycles. The molecule has 84 valence electrons. The van der Waals surface area contributed by atoms with Crippen LogP contribution >= 0.6 is 7.82 Å². The van der Waals surface area contributed by atoms with Gasteiger partial charge in [-0.05, 0) is 0 Å². The van der Waals surface area contributed by atoms with Gasteiger partial charge < -0.3 is 38.9 Å². The normalized spacial score (nSPS) is 38.9. The predicted octanol–water partition coefficient (Wildman–Crippen LogP) is -3.73. The topological polar surface area (TPSA) is 142 Å². The Bertz CT molecular complexity index is 238. The average molecular weight is 228 g/mol. The van der Waals surface area contributed by atoms with Gasteiger partial charge >= 0.3 is 0 Å². The fourth-order valence-electron chi connectivity index (χ4n) is 1.03. The summed E-state index contributed by atoms with van der Waals surface area (Å²) in [6.07, 6.45) is -5.88. The van der Waals surface area contributed by atoms with Crippen LogP contribution in [0, 0.1) is 0 Å². The van der Waals surface area contributed by atoms with Crippen molar-refractivity contribution in [3.05, 3.63) is 0 Å². The standard InChI is InChI=1S/C5H11O8P/c6-3-2(1-12-14(9,10)11)13-5(8)4(3)7/h2-8H,1H2,(H2,9,10,11)/p-2/t2-,3-,4-,5?/m1/s1. The molecular formula is C5H9O8P-2. The molecule has 0 bridgehead atoms. The Balaban J connectivity index is 2.44. The van der Waals surface area contributed by atoms with E-state index >= 15 is 0 Å². The molecule has 1 saturated heterocycles. The Hall–Kier alpha value is -0.0500. The van der Waals surface area contributed by atoms with E-state index in [4.69, 9.17) is 15.3 Å². The van der Waals surface area contributed by atoms with Crippen LogP contribution in [0.2, 0.25) is 0 Å². The molecule has 4 atom stereocenters. The number of hydrogen-bond acceptors (Lipinski definition) is 8. The van der Waals surface area contributed by atoms with Gasteiger partial charge in [-0.25, -0.2) is 0 Å². The monoisotopic (exact) mass is 228 g/mol. The molecule has 0 aliphatic carbocycles. The van der Waals surface area contributed by atoms with Crippen LogP contribution in [0.4, 0.5) is 0 Å². The van der Waals surface area contributed by atoms with E-state index < -0.39 is 39.0 Å². The van der Waals surface area contributed by atoms with Gasteiger partial charge in [-0.2, -0.15) is 0 Å². The van der Waals surface area contributed by atoms with Gasteiger partial charge in [0.2, 0.25) is 0 Å². The lowest BCUT2D eigenvalue weighted by molar-refractivity contribution is -0.343. The fourth-order valence-corrected chi connectivity index (χ4v) is 1.36. The summed E-state index contributed by atoms with van der Waals surface area (Å²) in [4.78, 5) is 20.1. The zero-order valence-electron chi connectivity index (χ0n) is 6.85. The molecule has 1 fully saturated rings. The average Bonchev–Trinajstić information content (AvgIpc) is 2.28. The summed E-state index contributed by atoms with van der Waals surface area (Å²) < 4.78 is 18.4. The number of phosphoric acid groups is 1. The van der Waals surface area contributed by atoms with E-state index in [9.17, 15) is 14.4 Å². The van der Waals surface area contributed by atoms with Crippen molar-refractivity contribution in [1.29, 1.82) is 0 Å². The van der Waals surface area contributed by atoms with Gasteiger partial charge in [-0.1, -0.05) is 0 Å². The van der Waals surface area contributed by atoms with E-state index in [1.165, 1.54) is 0 Å². The maximum Gasteiger partial charge on any atom is 0.184 e. The number of phosphoric ester groups is 1. The number of aliphatic hydroxyl groups is 3. The zero-order chi connectivity index (χ0) is 10.9. The lowest BCUT2D eigenvalue weighted by Gasteiger charge is -2.30. The second-order valence-electron chi connectivity index (χ2n) is 2.79. The molecule has 1 rings (SSSR count). The minimum absolute atomic E-state index is 0.737. The fraction of sp³-hybridized carbons (Fsp3) is 1.00. The molecule has 1 heterocycles. The summed E-state index contributed by atoms with van der Waals surface area (Å²) in [7, 11) is -5.14. The summed E-state index contributed by atoms with van der Waals surface area (Å²) >= 11 is 0. The van der Waals surface area contributed by atoms with Gasteiger partial charge in [-0.15, -0.1) is 0 Å². The maximum absolute atomic E-state index is 10.0. The Labute approximate surface area is 78.9 Å². The molecule has 1 aliphatic heterocycles. The third-order valence-electron chi connectivity index (χ3n) is 1.73. The SMILES string of the molecule is O=P([O-])([O-])OC[C@H]1OC(O)[C@H](O)[C@@H]1O. The Morgan fingerprint density at radius 2 is 1.86 bits per heavy atom. The van der Waals surface area contributed by atoms with E-state index in [-0.39, 0.29) is 0 Å². The number of ether oxygens (including phenoxy) is 1. The lowest BCUT2D eigenvalue weighted by atomic mass is 10.1. The molecule has 9 heteroatoms. The largest absolute Gasteiger partial charge is 0.790 e. The van der Waals surface area contributed by atoms with Gasteiger partial charge in [0.25, 0.3) is 0 Å². The van der Waals surface area contributed by atoms with Crippen LogP contribution in [0.3, 0.4) is 0 Å². The molecule has 1 aliphatic rings. The van der Waals surface area contributed by atoms with E-state index in [1.54, 1.807) is 0 Å². The van der Waals surface area contributed by atoms with Crippen LogP contribution in [-0.4, -0.2) is 46.5 Å². The van der Waals surface area contributed by atoms with Crippen LogP contribution in [-0.2, 0) is 13.8 Å². The van der Waals surface area contributed by atoms with Crippen molar-refractivity contribution in [2.45, 2.75) is 24.6 Å². The van der Waals surface area contributed by atoms with Crippen molar-refractivity contribution in [3.63, 3.8) is 0 Å². The molecule has 14 heavy (non-hydrogen) atoms. The molecule has 8 nitrogen and oxygen atoms in total. The number of rotatable bonds is 3. The van der Waals surface area contributed by atoms with E-state index in [1.807, 2.05) is 0 Å². The van der Waals surface area contributed by atoms with Crippen molar-refractivity contribution in [3.8, 4) is 0 Å². The van der Waals surface area contributed by atoms with E-state index in [2.05, 4.69) is 9.26 Å². The lowest BCUT2D eigenvalue weighted by Crippen LogP contribution is -2.35. The first-order valence-electron chi connectivity index (χ1n) is 3.67. The van der Waals surface area contributed by atoms with Crippen LogP contribution in [0.5, 0.6) is 0 Å². The molecule has 1 unspecified atom stereocenters. The minimum Gasteiger partial charge on any atom is -0.790 e. The highest BCUT2D eigenvalue weighted by Crippen LogP contribution is 2.28. The molecule has 0 aromatic rings. The molecule has 0 amide bonds. The third-order valence-corrected chi connectivity index (χ3v) is 2.20. The second-order valence-corrected chi connectivity index (χ2v) is 3.94. The Kier molecular flexibility index (Phi) is 3.62. The molecule has 3 N–H and O–H groups in total. The molecular weight excluding hydrogens is 219 g/mol. The van der Waals surface area contributed by atoms with Crippen molar-refractivity contribution in [1.82, 2.24) is 0 Å². The molecule has 0 saturated carbocycles. The summed E-state index contributed by atoms with van der Waals surface area (Å²) in [5, 5.41) is 26.9. The first-order valence-corrected chi connectivity index (χ1v) is 5.13. The van der Waals surface area contributed by atoms with Crippen LogP contribution < -0.4 is 9.79 Å². The summed E-state index contributed by atoms with van der Waals surface area (Å²) in [6.45, 7) is -0.737. The Morgan fingerprint density at radius 3 is 2.21 bits per heavy atom. The quantitative estimate of drug-likeness (QED) is 0.418. The van der Waals surface area contributed by atoms with Gasteiger partial charge in [0.15, 0.2) is 6.29 Å². The summed E-state index contributed by atoms with van der Waals surface area (Å²) in [5.41, 5.74) is 0. The second kappa shape index (κ2) is 4.21. The van der Waals surface area contributed by atoms with E-state index in [0.717, 1.165) is 0 Å². The summed E-state index contributed by atoms with van der Waals surface area (Å²) in [5.74, 6) is 0. The van der Waals surface area contributed by atoms with E-state index in [0.29, 0.717) is 0 Å². The third kappa shape index (κ3) is 2.97. The van der Waals surface area contributed by atoms with Crippen molar-refractivity contribution in [2.24, 2.45) is 0 Å². The Morgan fingerprint density at radius 1 is 1.29 bits per heavy atom. The predicted molar refractivity (Wildman–Crippen MR) is 36.5 cm³/mol. The van der Waals surface area contributed by atoms with Gasteiger partial charge in [0.05, 0.1) is 14.4 Å². The van der Waals surface area contributed by atoms with Crippen LogP contribution in [0.1, 0.15) is 0 Å². The highest BCUT2D eigenvalue weighted by atomic mass is 31.2. The number of hydrogen-bond donors (Lipinski definition) is 3. The summed E-state index contributed by atoms with van der Waals surface area (Å²) in [6, 6.07) is 0. The first kappa shape index (κ1) is 12.0. The number of aliphatic hydroxyl groups excluding tert-OH is 3. The van der Waals surface area contributed by atoms with Gasteiger partial charge in [-0.3, -0.25) is 0 Å². The van der Waals surface area contributed by atoms with Crippen molar-refractivity contribution in [2.75, 3.05) is 6.61 Å². The molecule has 0 radical (unpaired) electrons. The van der Waals surface area contributed by atoms with Gasteiger partial charge in [0, 0.05) is 0 Å². The minimum atomic E-state index is -5.14. The van der Waals surface area contributed by atoms with Crippen molar-refractivity contribution >= 4 is 7.82 Å².